The molecule has 2 aromatic rings. The van der Waals surface area contributed by atoms with E-state index in [1.54, 1.807) is 4.90 Å². The highest BCUT2D eigenvalue weighted by atomic mass is 19.1. The van der Waals surface area contributed by atoms with Crippen LogP contribution in [0.5, 0.6) is 0 Å². The molecular weight excluding hydrogens is 369 g/mol. The van der Waals surface area contributed by atoms with Crippen LogP contribution in [0.3, 0.4) is 0 Å². The van der Waals surface area contributed by atoms with Crippen molar-refractivity contribution in [3.05, 3.63) is 71.5 Å². The standard InChI is InChI=1S/C23H28FN3O2/c1-26(17-18-5-3-2-4-6-18)16-13-25-22(28)19-11-14-27(15-12-19)23(29)20-7-9-21(24)10-8-20/h2-10,19H,11-17H2,1H3,(H,25,28). The Morgan fingerprint density at radius 2 is 1.72 bits per heavy atom. The number of amides is 2. The minimum Gasteiger partial charge on any atom is -0.355 e. The molecule has 1 heterocycles. The molecule has 1 aliphatic rings. The third-order valence-corrected chi connectivity index (χ3v) is 5.33. The van der Waals surface area contributed by atoms with E-state index in [1.807, 2.05) is 25.2 Å². The first-order valence-electron chi connectivity index (χ1n) is 10.1. The zero-order chi connectivity index (χ0) is 20.6. The molecule has 2 amide bonds. The fourth-order valence-corrected chi connectivity index (χ4v) is 3.61. The highest BCUT2D eigenvalue weighted by Gasteiger charge is 2.27. The number of benzene rings is 2. The first-order chi connectivity index (χ1) is 14.0. The molecular formula is C23H28FN3O2. The first kappa shape index (κ1) is 21.0. The monoisotopic (exact) mass is 397 g/mol. The predicted octanol–water partition coefficient (Wildman–Crippen LogP) is 2.93. The van der Waals surface area contributed by atoms with E-state index in [1.165, 1.54) is 29.8 Å². The van der Waals surface area contributed by atoms with Gasteiger partial charge in [0, 0.05) is 44.2 Å². The second-order valence-electron chi connectivity index (χ2n) is 7.59. The van der Waals surface area contributed by atoms with Gasteiger partial charge < -0.3 is 15.1 Å². The lowest BCUT2D eigenvalue weighted by Gasteiger charge is -2.31. The molecule has 0 radical (unpaired) electrons. The van der Waals surface area contributed by atoms with Gasteiger partial charge in [0.2, 0.25) is 5.91 Å². The lowest BCUT2D eigenvalue weighted by Crippen LogP contribution is -2.44. The van der Waals surface area contributed by atoms with Crippen LogP contribution in [0, 0.1) is 11.7 Å². The Bertz CT molecular complexity index is 803. The minimum atomic E-state index is -0.355. The van der Waals surface area contributed by atoms with Gasteiger partial charge in [0.1, 0.15) is 5.82 Å². The molecule has 0 saturated carbocycles. The first-order valence-corrected chi connectivity index (χ1v) is 10.1. The zero-order valence-electron chi connectivity index (χ0n) is 16.8. The van der Waals surface area contributed by atoms with Gasteiger partial charge in [-0.3, -0.25) is 9.59 Å². The average Bonchev–Trinajstić information content (AvgIpc) is 2.74. The summed E-state index contributed by atoms with van der Waals surface area (Å²) in [5, 5.41) is 3.03. The van der Waals surface area contributed by atoms with Crippen LogP contribution in [0.2, 0.25) is 0 Å². The number of carbonyl (C=O) groups is 2. The van der Waals surface area contributed by atoms with Crippen molar-refractivity contribution in [3.8, 4) is 0 Å². The van der Waals surface area contributed by atoms with Crippen LogP contribution >= 0.6 is 0 Å². The smallest absolute Gasteiger partial charge is 0.253 e. The Morgan fingerprint density at radius 3 is 2.38 bits per heavy atom. The van der Waals surface area contributed by atoms with Crippen molar-refractivity contribution in [2.75, 3.05) is 33.2 Å². The summed E-state index contributed by atoms with van der Waals surface area (Å²) in [6.45, 7) is 3.32. The van der Waals surface area contributed by atoms with E-state index in [2.05, 4.69) is 22.3 Å². The summed E-state index contributed by atoms with van der Waals surface area (Å²) >= 11 is 0. The van der Waals surface area contributed by atoms with Crippen LogP contribution in [0.1, 0.15) is 28.8 Å². The van der Waals surface area contributed by atoms with E-state index in [4.69, 9.17) is 0 Å². The number of nitrogens with zero attached hydrogens (tertiary/aromatic N) is 2. The molecule has 6 heteroatoms. The highest BCUT2D eigenvalue weighted by Crippen LogP contribution is 2.19. The van der Waals surface area contributed by atoms with E-state index in [0.29, 0.717) is 38.0 Å². The van der Waals surface area contributed by atoms with Gasteiger partial charge in [-0.1, -0.05) is 30.3 Å². The largest absolute Gasteiger partial charge is 0.355 e. The summed E-state index contributed by atoms with van der Waals surface area (Å²) in [7, 11) is 2.04. The van der Waals surface area contributed by atoms with Crippen molar-refractivity contribution in [3.63, 3.8) is 0 Å². The van der Waals surface area contributed by atoms with E-state index in [-0.39, 0.29) is 23.5 Å². The molecule has 0 bridgehead atoms. The number of likely N-dealkylation sites (tertiary alicyclic amines) is 1. The highest BCUT2D eigenvalue weighted by molar-refractivity contribution is 5.94. The van der Waals surface area contributed by atoms with Crippen LogP contribution in [-0.4, -0.2) is 54.8 Å². The number of rotatable bonds is 7. The van der Waals surface area contributed by atoms with Crippen molar-refractivity contribution in [2.24, 2.45) is 5.92 Å². The third-order valence-electron chi connectivity index (χ3n) is 5.33. The molecule has 0 aliphatic carbocycles. The van der Waals surface area contributed by atoms with Crippen molar-refractivity contribution in [1.82, 2.24) is 15.1 Å². The topological polar surface area (TPSA) is 52.7 Å². The number of carbonyl (C=O) groups excluding carboxylic acids is 2. The van der Waals surface area contributed by atoms with Gasteiger partial charge in [-0.05, 0) is 49.7 Å². The Balaban J connectivity index is 1.37. The Kier molecular flexibility index (Phi) is 7.36. The summed E-state index contributed by atoms with van der Waals surface area (Å²) in [4.78, 5) is 28.9. The van der Waals surface area contributed by atoms with Crippen molar-refractivity contribution < 1.29 is 14.0 Å². The molecule has 154 valence electrons. The molecule has 1 aliphatic heterocycles. The predicted molar refractivity (Wildman–Crippen MR) is 111 cm³/mol. The molecule has 0 atom stereocenters. The van der Waals surface area contributed by atoms with Crippen LogP contribution in [-0.2, 0) is 11.3 Å². The minimum absolute atomic E-state index is 0.0620. The van der Waals surface area contributed by atoms with E-state index < -0.39 is 0 Å². The summed E-state index contributed by atoms with van der Waals surface area (Å²) in [5.74, 6) is -0.462. The Morgan fingerprint density at radius 1 is 1.07 bits per heavy atom. The number of halogens is 1. The third kappa shape index (κ3) is 6.12. The number of piperidine rings is 1. The molecule has 1 saturated heterocycles. The number of hydrogen-bond acceptors (Lipinski definition) is 3. The number of nitrogens with one attached hydrogen (secondary N) is 1. The van der Waals surface area contributed by atoms with E-state index in [9.17, 15) is 14.0 Å². The second-order valence-corrected chi connectivity index (χ2v) is 7.59. The van der Waals surface area contributed by atoms with Gasteiger partial charge in [0.15, 0.2) is 0 Å². The van der Waals surface area contributed by atoms with Gasteiger partial charge in [-0.15, -0.1) is 0 Å². The summed E-state index contributed by atoms with van der Waals surface area (Å²) < 4.78 is 13.0. The normalized spacial score (nSPS) is 14.8. The summed E-state index contributed by atoms with van der Waals surface area (Å²) in [5.41, 5.74) is 1.73. The Hall–Kier alpha value is -2.73. The second kappa shape index (κ2) is 10.2. The molecule has 0 unspecified atom stereocenters. The lowest BCUT2D eigenvalue weighted by atomic mass is 9.95. The van der Waals surface area contributed by atoms with Gasteiger partial charge in [-0.25, -0.2) is 4.39 Å². The van der Waals surface area contributed by atoms with Crippen LogP contribution in [0.15, 0.2) is 54.6 Å². The Labute approximate surface area is 171 Å². The SMILES string of the molecule is CN(CCNC(=O)C1CCN(C(=O)c2ccc(F)cc2)CC1)Cc1ccccc1. The van der Waals surface area contributed by atoms with Gasteiger partial charge in [-0.2, -0.15) is 0 Å². The maximum atomic E-state index is 13.0. The summed E-state index contributed by atoms with van der Waals surface area (Å²) in [6.07, 6.45) is 1.30. The molecule has 29 heavy (non-hydrogen) atoms. The summed E-state index contributed by atoms with van der Waals surface area (Å²) in [6, 6.07) is 15.8. The molecule has 2 aromatic carbocycles. The maximum Gasteiger partial charge on any atom is 0.253 e. The van der Waals surface area contributed by atoms with Crippen LogP contribution < -0.4 is 5.32 Å². The molecule has 1 fully saturated rings. The average molecular weight is 397 g/mol. The molecule has 0 aromatic heterocycles. The maximum absolute atomic E-state index is 13.0. The molecule has 1 N–H and O–H groups in total. The molecule has 0 spiro atoms. The van der Waals surface area contributed by atoms with Gasteiger partial charge in [0.05, 0.1) is 0 Å². The number of likely N-dealkylation sites (N-methyl/N-ethyl adjacent to an activating group) is 1. The van der Waals surface area contributed by atoms with Crippen molar-refractivity contribution in [2.45, 2.75) is 19.4 Å². The van der Waals surface area contributed by atoms with Crippen LogP contribution in [0.4, 0.5) is 4.39 Å². The fourth-order valence-electron chi connectivity index (χ4n) is 3.61. The van der Waals surface area contributed by atoms with Gasteiger partial charge in [0.25, 0.3) is 5.91 Å². The van der Waals surface area contributed by atoms with Crippen LogP contribution in [0.25, 0.3) is 0 Å². The van der Waals surface area contributed by atoms with Crippen molar-refractivity contribution in [1.29, 1.82) is 0 Å². The number of hydrogen-bond donors (Lipinski definition) is 1. The fraction of sp³-hybridized carbons (Fsp3) is 0.391. The molecule has 5 nitrogen and oxygen atoms in total. The van der Waals surface area contributed by atoms with E-state index in [0.717, 1.165) is 13.1 Å². The quantitative estimate of drug-likeness (QED) is 0.782. The zero-order valence-corrected chi connectivity index (χ0v) is 16.8. The van der Waals surface area contributed by atoms with Crippen molar-refractivity contribution >= 4 is 11.8 Å². The lowest BCUT2D eigenvalue weighted by molar-refractivity contribution is -0.126. The van der Waals surface area contributed by atoms with Gasteiger partial charge >= 0.3 is 0 Å². The van der Waals surface area contributed by atoms with E-state index >= 15 is 0 Å². The molecule has 3 rings (SSSR count).